The number of methoxy groups -OCH3 is 1. The molecule has 8 atom stereocenters. The topological polar surface area (TPSA) is 101 Å². The number of ether oxygens (including phenoxy) is 4. The minimum atomic E-state index is -1.39. The van der Waals surface area contributed by atoms with Gasteiger partial charge in [0.25, 0.3) is 0 Å². The molecule has 11 heteroatoms. The number of rotatable bonds is 11. The summed E-state index contributed by atoms with van der Waals surface area (Å²) in [4.78, 5) is 49.9. The van der Waals surface area contributed by atoms with E-state index < -0.39 is 35.3 Å². The van der Waals surface area contributed by atoms with Crippen LogP contribution in [0, 0.1) is 29.1 Å². The Morgan fingerprint density at radius 2 is 1.70 bits per heavy atom. The molecule has 11 nitrogen and oxygen atoms in total. The number of Topliss-reactive ketones (excluding diaryl/α,β-unsaturated/α-hetero) is 1. The minimum absolute atomic E-state index is 0.00711. The smallest absolute Gasteiger partial charge is 0.319 e. The average molecular weight is 707 g/mol. The number of hydrogen-bond donors (Lipinski definition) is 0. The number of esters is 1. The molecule has 1 amide bonds. The van der Waals surface area contributed by atoms with Crippen LogP contribution in [0.5, 0.6) is 0 Å². The summed E-state index contributed by atoms with van der Waals surface area (Å²) in [6.07, 6.45) is 6.52. The normalized spacial score (nSPS) is 35.5. The summed E-state index contributed by atoms with van der Waals surface area (Å²) in [5, 5.41) is 0. The molecule has 1 saturated carbocycles. The molecule has 0 aromatic rings. The van der Waals surface area contributed by atoms with E-state index in [9.17, 15) is 14.4 Å². The van der Waals surface area contributed by atoms with Gasteiger partial charge in [-0.25, -0.2) is 0 Å². The van der Waals surface area contributed by atoms with Gasteiger partial charge in [-0.05, 0) is 106 Å². The van der Waals surface area contributed by atoms with Crippen LogP contribution >= 0.6 is 0 Å². The molecule has 4 aliphatic rings. The van der Waals surface area contributed by atoms with Gasteiger partial charge < -0.3 is 33.6 Å². The summed E-state index contributed by atoms with van der Waals surface area (Å²) < 4.78 is 25.4. The highest BCUT2D eigenvalue weighted by molar-refractivity contribution is 6.04. The first kappa shape index (κ1) is 41.1. The second kappa shape index (κ2) is 17.5. The fraction of sp³-hybridized carbons (Fsp3) is 0.923. The van der Waals surface area contributed by atoms with Crippen molar-refractivity contribution in [1.82, 2.24) is 19.6 Å². The van der Waals surface area contributed by atoms with Gasteiger partial charge in [0, 0.05) is 70.0 Å². The van der Waals surface area contributed by atoms with Gasteiger partial charge >= 0.3 is 5.97 Å². The summed E-state index contributed by atoms with van der Waals surface area (Å²) in [6, 6.07) is 0.208. The van der Waals surface area contributed by atoms with Gasteiger partial charge in [0.15, 0.2) is 12.1 Å². The van der Waals surface area contributed by atoms with Gasteiger partial charge in [-0.2, -0.15) is 0 Å². The number of likely N-dealkylation sites (tertiary alicyclic amines) is 1. The van der Waals surface area contributed by atoms with E-state index in [1.165, 1.54) is 19.3 Å². The van der Waals surface area contributed by atoms with Crippen molar-refractivity contribution in [2.24, 2.45) is 29.1 Å². The Kier molecular flexibility index (Phi) is 14.4. The quantitative estimate of drug-likeness (QED) is 0.228. The SMILES string of the molecule is CO[C@]1(C)C[C@@H](C)CN(C)C(C2CN(C(=O)CCCN(C)CC3CCC3)C2)COC(=O)C(C)(C)C(=O)[C@H](C)[C@H]1O[C@H]1C[C@@H](N(C)C)C[C@@H](C)O1. The van der Waals surface area contributed by atoms with E-state index in [2.05, 4.69) is 56.7 Å². The number of carbonyl (C=O) groups excluding carboxylic acids is 3. The molecule has 3 heterocycles. The molecule has 3 saturated heterocycles. The summed E-state index contributed by atoms with van der Waals surface area (Å²) in [6.45, 7) is 15.7. The zero-order valence-corrected chi connectivity index (χ0v) is 33.2. The van der Waals surface area contributed by atoms with E-state index in [0.29, 0.717) is 32.4 Å². The lowest BCUT2D eigenvalue weighted by Gasteiger charge is -2.47. The summed E-state index contributed by atoms with van der Waals surface area (Å²) in [7, 11) is 10.1. The molecule has 0 radical (unpaired) electrons. The second-order valence-corrected chi connectivity index (χ2v) is 17.5. The van der Waals surface area contributed by atoms with Crippen LogP contribution in [0.25, 0.3) is 0 Å². The Bertz CT molecular complexity index is 1140. The maximum atomic E-state index is 14.3. The Hall–Kier alpha value is -1.63. The highest BCUT2D eigenvalue weighted by Crippen LogP contribution is 2.38. The Morgan fingerprint density at radius 3 is 2.30 bits per heavy atom. The molecular weight excluding hydrogens is 636 g/mol. The third kappa shape index (κ3) is 10.1. The number of hydrogen-bond acceptors (Lipinski definition) is 10. The molecule has 1 aliphatic carbocycles. The lowest BCUT2D eigenvalue weighted by molar-refractivity contribution is -0.263. The van der Waals surface area contributed by atoms with Gasteiger partial charge in [-0.3, -0.25) is 19.3 Å². The molecular formula is C39H70N4O7. The number of likely N-dealkylation sites (N-methyl/N-ethyl adjacent to an activating group) is 1. The van der Waals surface area contributed by atoms with Crippen molar-refractivity contribution in [3.05, 3.63) is 0 Å². The first-order chi connectivity index (χ1) is 23.4. The monoisotopic (exact) mass is 707 g/mol. The molecule has 0 aromatic carbocycles. The largest absolute Gasteiger partial charge is 0.463 e. The van der Waals surface area contributed by atoms with Gasteiger partial charge in [0.1, 0.15) is 12.0 Å². The maximum absolute atomic E-state index is 14.3. The van der Waals surface area contributed by atoms with E-state index >= 15 is 0 Å². The first-order valence-corrected chi connectivity index (χ1v) is 19.4. The molecule has 4 rings (SSSR count). The maximum Gasteiger partial charge on any atom is 0.319 e. The van der Waals surface area contributed by atoms with Crippen LogP contribution in [-0.4, -0.2) is 148 Å². The molecule has 4 fully saturated rings. The van der Waals surface area contributed by atoms with E-state index in [4.69, 9.17) is 18.9 Å². The summed E-state index contributed by atoms with van der Waals surface area (Å²) >= 11 is 0. The van der Waals surface area contributed by atoms with Crippen molar-refractivity contribution in [3.8, 4) is 0 Å². The molecule has 3 aliphatic heterocycles. The second-order valence-electron chi connectivity index (χ2n) is 17.5. The molecule has 0 bridgehead atoms. The molecule has 50 heavy (non-hydrogen) atoms. The van der Waals surface area contributed by atoms with Gasteiger partial charge in [-0.15, -0.1) is 0 Å². The standard InChI is InChI=1S/C39H70N4O7/c1-26-20-39(6,47-11)36(50-34-19-31(40(7)8)18-27(2)49-34)28(3)35(45)38(4,5)37(46)48-25-32(42(10)21-26)30-23-43(24-30)33(44)16-13-17-41(9)22-29-14-12-15-29/h26-32,34,36H,12-25H2,1-11H3/t26-,27-,28+,31+,32?,34+,36-,39-/m1/s1. The van der Waals surface area contributed by atoms with Gasteiger partial charge in [0.2, 0.25) is 5.91 Å². The number of nitrogens with zero attached hydrogens (tertiary/aromatic N) is 4. The molecule has 1 unspecified atom stereocenters. The number of amides is 1. The zero-order chi connectivity index (χ0) is 37.0. The summed E-state index contributed by atoms with van der Waals surface area (Å²) in [5.74, 6) is -0.0597. The fourth-order valence-corrected chi connectivity index (χ4v) is 8.83. The molecule has 0 spiro atoms. The fourth-order valence-electron chi connectivity index (χ4n) is 8.83. The van der Waals surface area contributed by atoms with Crippen LogP contribution in [0.3, 0.4) is 0 Å². The lowest BCUT2D eigenvalue weighted by Crippen LogP contribution is -2.59. The van der Waals surface area contributed by atoms with Crippen LogP contribution in [0.15, 0.2) is 0 Å². The van der Waals surface area contributed by atoms with Crippen molar-refractivity contribution >= 4 is 17.7 Å². The lowest BCUT2D eigenvalue weighted by atomic mass is 9.74. The Labute approximate surface area is 303 Å². The van der Waals surface area contributed by atoms with E-state index in [-0.39, 0.29) is 48.3 Å². The van der Waals surface area contributed by atoms with Crippen molar-refractivity contribution in [1.29, 1.82) is 0 Å². The van der Waals surface area contributed by atoms with Crippen molar-refractivity contribution in [2.75, 3.05) is 74.6 Å². The van der Waals surface area contributed by atoms with E-state index in [1.54, 1.807) is 21.0 Å². The number of cyclic esters (lactones) is 1. The summed E-state index contributed by atoms with van der Waals surface area (Å²) in [5.41, 5.74) is -2.22. The van der Waals surface area contributed by atoms with Crippen molar-refractivity contribution in [2.45, 2.75) is 129 Å². The highest BCUT2D eigenvalue weighted by atomic mass is 16.7. The predicted octanol–water partition coefficient (Wildman–Crippen LogP) is 4.32. The van der Waals surface area contributed by atoms with E-state index in [0.717, 1.165) is 38.4 Å². The predicted molar refractivity (Wildman–Crippen MR) is 195 cm³/mol. The minimum Gasteiger partial charge on any atom is -0.463 e. The first-order valence-electron chi connectivity index (χ1n) is 19.4. The van der Waals surface area contributed by atoms with Crippen LogP contribution in [0.2, 0.25) is 0 Å². The third-order valence-electron chi connectivity index (χ3n) is 12.4. The van der Waals surface area contributed by atoms with E-state index in [1.807, 2.05) is 18.7 Å². The average Bonchev–Trinajstić information content (AvgIpc) is 3.00. The zero-order valence-electron chi connectivity index (χ0n) is 33.2. The van der Waals surface area contributed by atoms with Crippen LogP contribution < -0.4 is 0 Å². The highest BCUT2D eigenvalue weighted by Gasteiger charge is 2.51. The number of ketones is 1. The van der Waals surface area contributed by atoms with Crippen LogP contribution in [-0.2, 0) is 33.3 Å². The number of carbonyl (C=O) groups is 3. The van der Waals surface area contributed by atoms with Gasteiger partial charge in [0.05, 0.1) is 17.8 Å². The molecule has 288 valence electrons. The van der Waals surface area contributed by atoms with Crippen LogP contribution in [0.1, 0.15) is 92.9 Å². The van der Waals surface area contributed by atoms with Crippen molar-refractivity contribution in [3.63, 3.8) is 0 Å². The van der Waals surface area contributed by atoms with Crippen molar-refractivity contribution < 1.29 is 33.3 Å². The third-order valence-corrected chi connectivity index (χ3v) is 12.4. The Morgan fingerprint density at radius 1 is 1.02 bits per heavy atom. The van der Waals surface area contributed by atoms with Crippen LogP contribution in [0.4, 0.5) is 0 Å². The van der Waals surface area contributed by atoms with Gasteiger partial charge in [-0.1, -0.05) is 20.3 Å². The molecule has 0 aromatic heterocycles. The molecule has 0 N–H and O–H groups in total. The Balaban J connectivity index is 1.45.